The number of hydrogen-bond acceptors (Lipinski definition) is 2. The van der Waals surface area contributed by atoms with Gasteiger partial charge in [0.25, 0.3) is 0 Å². The third kappa shape index (κ3) is 6.88. The van der Waals surface area contributed by atoms with E-state index in [1.165, 1.54) is 33.4 Å². The summed E-state index contributed by atoms with van der Waals surface area (Å²) < 4.78 is 0. The number of hydrogen-bond donors (Lipinski definition) is 1. The standard InChI is InChI=1S/C39H46O2/c1-26-16-12-13-22-32(26)35(37(41)39(6,7)8)33-23-15-20-30(27(33)2)24-28-17-14-21-31(25-28)34(36(40)38(3,4)5)29-18-10-9-11-19-29/h9-23,25,34-35,37,41H,24H2,1-8H3. The van der Waals surface area contributed by atoms with Crippen LogP contribution in [0.15, 0.2) is 97.1 Å². The Balaban J connectivity index is 1.76. The summed E-state index contributed by atoms with van der Waals surface area (Å²) in [5.41, 5.74) is 8.46. The van der Waals surface area contributed by atoms with Crippen molar-refractivity contribution in [1.29, 1.82) is 0 Å². The molecule has 4 aromatic rings. The summed E-state index contributed by atoms with van der Waals surface area (Å²) in [6.45, 7) is 16.6. The molecule has 0 bridgehead atoms. The van der Waals surface area contributed by atoms with Gasteiger partial charge >= 0.3 is 0 Å². The van der Waals surface area contributed by atoms with Crippen molar-refractivity contribution in [2.24, 2.45) is 10.8 Å². The summed E-state index contributed by atoms with van der Waals surface area (Å²) in [5, 5.41) is 11.7. The zero-order valence-corrected chi connectivity index (χ0v) is 26.0. The van der Waals surface area contributed by atoms with E-state index >= 15 is 0 Å². The Morgan fingerprint density at radius 2 is 1.29 bits per heavy atom. The molecular weight excluding hydrogens is 500 g/mol. The number of carbonyl (C=O) groups is 1. The van der Waals surface area contributed by atoms with Crippen LogP contribution in [0, 0.1) is 24.7 Å². The summed E-state index contributed by atoms with van der Waals surface area (Å²) in [4.78, 5) is 13.7. The minimum atomic E-state index is -0.545. The Kier molecular flexibility index (Phi) is 9.04. The smallest absolute Gasteiger partial charge is 0.150 e. The summed E-state index contributed by atoms with van der Waals surface area (Å²) in [6, 6.07) is 33.5. The molecule has 0 spiro atoms. The van der Waals surface area contributed by atoms with Crippen LogP contribution in [0.4, 0.5) is 0 Å². The van der Waals surface area contributed by atoms with E-state index < -0.39 is 11.5 Å². The topological polar surface area (TPSA) is 37.3 Å². The number of aliphatic hydroxyl groups excluding tert-OH is 1. The molecular formula is C39H46O2. The Bertz CT molecular complexity index is 1480. The molecule has 3 atom stereocenters. The molecule has 0 saturated carbocycles. The van der Waals surface area contributed by atoms with Gasteiger partial charge in [-0.1, -0.05) is 139 Å². The molecule has 0 radical (unpaired) electrons. The van der Waals surface area contributed by atoms with Gasteiger partial charge in [-0.25, -0.2) is 0 Å². The van der Waals surface area contributed by atoms with Gasteiger partial charge in [0.1, 0.15) is 5.78 Å². The summed E-state index contributed by atoms with van der Waals surface area (Å²) >= 11 is 0. The normalized spacial score (nSPS) is 14.4. The van der Waals surface area contributed by atoms with Gasteiger partial charge in [0, 0.05) is 11.3 Å². The van der Waals surface area contributed by atoms with Crippen molar-refractivity contribution in [2.45, 2.75) is 79.8 Å². The fraction of sp³-hybridized carbons (Fsp3) is 0.359. The van der Waals surface area contributed by atoms with Crippen molar-refractivity contribution >= 4 is 5.78 Å². The van der Waals surface area contributed by atoms with Crippen molar-refractivity contribution in [3.8, 4) is 0 Å². The third-order valence-corrected chi connectivity index (χ3v) is 8.36. The molecule has 0 aromatic heterocycles. The quantitative estimate of drug-likeness (QED) is 0.239. The first-order valence-electron chi connectivity index (χ1n) is 14.8. The lowest BCUT2D eigenvalue weighted by Gasteiger charge is -2.35. The second kappa shape index (κ2) is 12.2. The van der Waals surface area contributed by atoms with Crippen LogP contribution < -0.4 is 0 Å². The molecule has 4 rings (SSSR count). The van der Waals surface area contributed by atoms with E-state index in [9.17, 15) is 9.90 Å². The van der Waals surface area contributed by atoms with Crippen LogP contribution in [-0.4, -0.2) is 17.0 Å². The number of carbonyl (C=O) groups excluding carboxylic acids is 1. The molecule has 2 nitrogen and oxygen atoms in total. The molecule has 0 heterocycles. The Morgan fingerprint density at radius 3 is 1.93 bits per heavy atom. The van der Waals surface area contributed by atoms with E-state index in [2.05, 4.69) is 113 Å². The SMILES string of the molecule is Cc1ccccc1C(c1cccc(Cc2cccc(C(C(=O)C(C)(C)C)c3ccccc3)c2)c1C)C(O)C(C)(C)C. The van der Waals surface area contributed by atoms with Crippen molar-refractivity contribution in [1.82, 2.24) is 0 Å². The van der Waals surface area contributed by atoms with Crippen LogP contribution in [-0.2, 0) is 11.2 Å². The monoisotopic (exact) mass is 546 g/mol. The van der Waals surface area contributed by atoms with E-state index in [0.717, 1.165) is 17.5 Å². The van der Waals surface area contributed by atoms with Crippen molar-refractivity contribution in [3.63, 3.8) is 0 Å². The highest BCUT2D eigenvalue weighted by Crippen LogP contribution is 2.40. The second-order valence-electron chi connectivity index (χ2n) is 13.7. The van der Waals surface area contributed by atoms with Gasteiger partial charge in [0.15, 0.2) is 0 Å². The van der Waals surface area contributed by atoms with Crippen LogP contribution >= 0.6 is 0 Å². The highest BCUT2D eigenvalue weighted by molar-refractivity contribution is 5.93. The van der Waals surface area contributed by atoms with Gasteiger partial charge in [-0.15, -0.1) is 0 Å². The van der Waals surface area contributed by atoms with E-state index in [4.69, 9.17) is 0 Å². The first kappa shape index (κ1) is 30.5. The molecule has 1 N–H and O–H groups in total. The molecule has 0 fully saturated rings. The van der Waals surface area contributed by atoms with Gasteiger partial charge in [0.05, 0.1) is 12.0 Å². The van der Waals surface area contributed by atoms with Crippen molar-refractivity contribution < 1.29 is 9.90 Å². The van der Waals surface area contributed by atoms with Gasteiger partial charge in [-0.2, -0.15) is 0 Å². The molecule has 4 aromatic carbocycles. The molecule has 0 aliphatic carbocycles. The fourth-order valence-corrected chi connectivity index (χ4v) is 5.85. The van der Waals surface area contributed by atoms with Crippen LogP contribution in [0.5, 0.6) is 0 Å². The van der Waals surface area contributed by atoms with E-state index in [1.807, 2.05) is 39.0 Å². The number of ketones is 1. The summed E-state index contributed by atoms with van der Waals surface area (Å²) in [6.07, 6.45) is 0.209. The molecule has 0 amide bonds. The fourth-order valence-electron chi connectivity index (χ4n) is 5.85. The lowest BCUT2D eigenvalue weighted by molar-refractivity contribution is -0.126. The molecule has 41 heavy (non-hydrogen) atoms. The first-order valence-corrected chi connectivity index (χ1v) is 14.8. The van der Waals surface area contributed by atoms with Crippen LogP contribution in [0.1, 0.15) is 97.9 Å². The van der Waals surface area contributed by atoms with Gasteiger partial charge in [-0.05, 0) is 70.2 Å². The molecule has 0 aliphatic rings. The maximum atomic E-state index is 13.7. The summed E-state index contributed by atoms with van der Waals surface area (Å²) in [7, 11) is 0. The van der Waals surface area contributed by atoms with Gasteiger partial charge < -0.3 is 5.11 Å². The first-order chi connectivity index (χ1) is 19.3. The minimum absolute atomic E-state index is 0.130. The maximum absolute atomic E-state index is 13.7. The van der Waals surface area contributed by atoms with E-state index in [-0.39, 0.29) is 23.0 Å². The Hall–Kier alpha value is -3.49. The lowest BCUT2D eigenvalue weighted by Crippen LogP contribution is -2.34. The molecule has 2 heteroatoms. The van der Waals surface area contributed by atoms with Crippen LogP contribution in [0.2, 0.25) is 0 Å². The van der Waals surface area contributed by atoms with Crippen LogP contribution in [0.3, 0.4) is 0 Å². The van der Waals surface area contributed by atoms with Crippen molar-refractivity contribution in [3.05, 3.63) is 142 Å². The maximum Gasteiger partial charge on any atom is 0.150 e. The van der Waals surface area contributed by atoms with Crippen molar-refractivity contribution in [2.75, 3.05) is 0 Å². The number of Topliss-reactive ketones (excluding diaryl/α,β-unsaturated/α-hetero) is 1. The van der Waals surface area contributed by atoms with Gasteiger partial charge in [-0.3, -0.25) is 4.79 Å². The van der Waals surface area contributed by atoms with E-state index in [0.29, 0.717) is 0 Å². The molecule has 0 saturated heterocycles. The second-order valence-corrected chi connectivity index (χ2v) is 13.7. The number of benzene rings is 4. The van der Waals surface area contributed by atoms with Gasteiger partial charge in [0.2, 0.25) is 0 Å². The zero-order valence-electron chi connectivity index (χ0n) is 26.0. The molecule has 0 aliphatic heterocycles. The number of aliphatic hydroxyl groups is 1. The highest BCUT2D eigenvalue weighted by Gasteiger charge is 2.35. The lowest BCUT2D eigenvalue weighted by atomic mass is 9.72. The largest absolute Gasteiger partial charge is 0.392 e. The van der Waals surface area contributed by atoms with Crippen LogP contribution in [0.25, 0.3) is 0 Å². The number of aryl methyl sites for hydroxylation is 1. The average Bonchev–Trinajstić information content (AvgIpc) is 2.92. The predicted molar refractivity (Wildman–Crippen MR) is 172 cm³/mol. The minimum Gasteiger partial charge on any atom is -0.392 e. The Morgan fingerprint density at radius 1 is 0.707 bits per heavy atom. The third-order valence-electron chi connectivity index (χ3n) is 8.36. The summed E-state index contributed by atoms with van der Waals surface area (Å²) in [5.74, 6) is -0.221. The molecule has 214 valence electrons. The zero-order chi connectivity index (χ0) is 29.9. The molecule has 3 unspecified atom stereocenters. The highest BCUT2D eigenvalue weighted by atomic mass is 16.3. The van der Waals surface area contributed by atoms with E-state index in [1.54, 1.807) is 0 Å². The average molecular weight is 547 g/mol. The number of rotatable bonds is 8. The predicted octanol–water partition coefficient (Wildman–Crippen LogP) is 9.18. The Labute approximate surface area is 247 Å².